The summed E-state index contributed by atoms with van der Waals surface area (Å²) in [6, 6.07) is 13.0. The molecule has 0 aliphatic carbocycles. The Morgan fingerprint density at radius 2 is 1.82 bits per heavy atom. The average molecular weight is 297 g/mol. The Labute approximate surface area is 129 Å². The normalized spacial score (nSPS) is 9.82. The predicted octanol–water partition coefficient (Wildman–Crippen LogP) is 2.81. The number of hydrogen-bond donors (Lipinski definition) is 1. The smallest absolute Gasteiger partial charge is 0.251 e. The fraction of sp³-hybridized carbons (Fsp3) is 0.167. The highest BCUT2D eigenvalue weighted by Crippen LogP contribution is 2.12. The molecule has 1 N–H and O–H groups in total. The fourth-order valence-electron chi connectivity index (χ4n) is 1.90. The zero-order valence-corrected chi connectivity index (χ0v) is 12.0. The molecule has 3 nitrogen and oxygen atoms in total. The molecule has 4 heteroatoms. The van der Waals surface area contributed by atoms with Crippen LogP contribution in [0.15, 0.2) is 48.5 Å². The van der Waals surface area contributed by atoms with E-state index in [1.54, 1.807) is 0 Å². The number of carbonyl (C=O) groups excluding carboxylic acids is 1. The number of carbonyl (C=O) groups is 1. The summed E-state index contributed by atoms with van der Waals surface area (Å²) in [7, 11) is 0. The van der Waals surface area contributed by atoms with Crippen molar-refractivity contribution in [3.8, 4) is 18.1 Å². The number of hydrogen-bond acceptors (Lipinski definition) is 2. The molecule has 0 aliphatic rings. The molecule has 0 spiro atoms. The highest BCUT2D eigenvalue weighted by Gasteiger charge is 2.04. The number of ether oxygens (including phenoxy) is 1. The summed E-state index contributed by atoms with van der Waals surface area (Å²) in [5, 5.41) is 2.80. The Hall–Kier alpha value is -2.80. The maximum absolute atomic E-state index is 12.8. The van der Waals surface area contributed by atoms with Crippen molar-refractivity contribution in [3.63, 3.8) is 0 Å². The van der Waals surface area contributed by atoms with Gasteiger partial charge in [0.15, 0.2) is 0 Å². The molecule has 0 saturated carbocycles. The van der Waals surface area contributed by atoms with E-state index in [4.69, 9.17) is 11.2 Å². The van der Waals surface area contributed by atoms with E-state index in [0.29, 0.717) is 18.5 Å². The molecule has 0 aliphatic heterocycles. The van der Waals surface area contributed by atoms with Gasteiger partial charge in [-0.05, 0) is 48.4 Å². The number of benzene rings is 2. The molecule has 0 bridgehead atoms. The van der Waals surface area contributed by atoms with Crippen LogP contribution < -0.4 is 10.1 Å². The van der Waals surface area contributed by atoms with E-state index in [9.17, 15) is 9.18 Å². The van der Waals surface area contributed by atoms with Crippen molar-refractivity contribution in [2.75, 3.05) is 13.2 Å². The van der Waals surface area contributed by atoms with Gasteiger partial charge >= 0.3 is 0 Å². The summed E-state index contributed by atoms with van der Waals surface area (Å²) in [6.07, 6.45) is 5.82. The summed E-state index contributed by atoms with van der Waals surface area (Å²) in [6.45, 7) is 0.744. The molecule has 2 rings (SSSR count). The largest absolute Gasteiger partial charge is 0.481 e. The van der Waals surface area contributed by atoms with E-state index in [1.165, 1.54) is 24.3 Å². The quantitative estimate of drug-likeness (QED) is 0.833. The van der Waals surface area contributed by atoms with Crippen LogP contribution in [0.25, 0.3) is 0 Å². The van der Waals surface area contributed by atoms with Gasteiger partial charge in [-0.25, -0.2) is 4.39 Å². The fourth-order valence-corrected chi connectivity index (χ4v) is 1.90. The van der Waals surface area contributed by atoms with Crippen molar-refractivity contribution in [1.29, 1.82) is 0 Å². The lowest BCUT2D eigenvalue weighted by Crippen LogP contribution is -2.25. The zero-order chi connectivity index (χ0) is 15.8. The van der Waals surface area contributed by atoms with Crippen molar-refractivity contribution in [1.82, 2.24) is 5.32 Å². The van der Waals surface area contributed by atoms with E-state index in [2.05, 4.69) is 11.2 Å². The maximum atomic E-state index is 12.8. The molecule has 0 heterocycles. The maximum Gasteiger partial charge on any atom is 0.251 e. The molecule has 0 unspecified atom stereocenters. The first-order chi connectivity index (χ1) is 10.7. The van der Waals surface area contributed by atoms with Crippen LogP contribution in [-0.2, 0) is 6.42 Å². The first kappa shape index (κ1) is 15.6. The van der Waals surface area contributed by atoms with Crippen LogP contribution in [0, 0.1) is 18.2 Å². The summed E-state index contributed by atoms with van der Waals surface area (Å²) in [4.78, 5) is 11.8. The van der Waals surface area contributed by atoms with Gasteiger partial charge in [-0.2, -0.15) is 0 Å². The van der Waals surface area contributed by atoms with Gasteiger partial charge in [0.25, 0.3) is 5.91 Å². The minimum atomic E-state index is -0.358. The Balaban J connectivity index is 1.79. The van der Waals surface area contributed by atoms with Crippen LogP contribution in [0.4, 0.5) is 4.39 Å². The Morgan fingerprint density at radius 3 is 2.45 bits per heavy atom. The van der Waals surface area contributed by atoms with Crippen molar-refractivity contribution >= 4 is 5.91 Å². The molecule has 0 radical (unpaired) electrons. The average Bonchev–Trinajstić information content (AvgIpc) is 2.54. The molecule has 22 heavy (non-hydrogen) atoms. The zero-order valence-electron chi connectivity index (χ0n) is 12.0. The van der Waals surface area contributed by atoms with E-state index < -0.39 is 0 Å². The Morgan fingerprint density at radius 1 is 1.14 bits per heavy atom. The lowest BCUT2D eigenvalue weighted by molar-refractivity contribution is 0.0954. The molecule has 0 fully saturated rings. The first-order valence-electron chi connectivity index (χ1n) is 6.88. The molecule has 2 aromatic rings. The molecule has 1 amide bonds. The van der Waals surface area contributed by atoms with Gasteiger partial charge in [0.1, 0.15) is 18.2 Å². The molecule has 112 valence electrons. The van der Waals surface area contributed by atoms with Gasteiger partial charge in [0.05, 0.1) is 0 Å². The third-order valence-electron chi connectivity index (χ3n) is 3.05. The van der Waals surface area contributed by atoms with Gasteiger partial charge in [-0.15, -0.1) is 6.42 Å². The lowest BCUT2D eigenvalue weighted by Gasteiger charge is -2.07. The molecule has 0 saturated heterocycles. The van der Waals surface area contributed by atoms with Crippen LogP contribution in [0.1, 0.15) is 15.9 Å². The minimum Gasteiger partial charge on any atom is -0.481 e. The van der Waals surface area contributed by atoms with Crippen LogP contribution in [0.2, 0.25) is 0 Å². The van der Waals surface area contributed by atoms with E-state index in [0.717, 1.165) is 11.3 Å². The summed E-state index contributed by atoms with van der Waals surface area (Å²) < 4.78 is 18.1. The van der Waals surface area contributed by atoms with Crippen LogP contribution in [-0.4, -0.2) is 19.1 Å². The van der Waals surface area contributed by atoms with Crippen molar-refractivity contribution in [3.05, 3.63) is 65.5 Å². The summed E-state index contributed by atoms with van der Waals surface area (Å²) in [5.41, 5.74) is 1.52. The summed E-state index contributed by atoms with van der Waals surface area (Å²) in [5.74, 6) is 2.55. The second kappa shape index (κ2) is 7.84. The van der Waals surface area contributed by atoms with E-state index >= 15 is 0 Å². The summed E-state index contributed by atoms with van der Waals surface area (Å²) >= 11 is 0. The third-order valence-corrected chi connectivity index (χ3v) is 3.05. The van der Waals surface area contributed by atoms with Crippen molar-refractivity contribution in [2.24, 2.45) is 0 Å². The van der Waals surface area contributed by atoms with Crippen molar-refractivity contribution in [2.45, 2.75) is 6.42 Å². The molecule has 0 atom stereocenters. The third kappa shape index (κ3) is 4.64. The lowest BCUT2D eigenvalue weighted by atomic mass is 10.1. The van der Waals surface area contributed by atoms with Gasteiger partial charge in [0, 0.05) is 12.1 Å². The number of amides is 1. The van der Waals surface area contributed by atoms with Crippen LogP contribution in [0.5, 0.6) is 5.75 Å². The Kier molecular flexibility index (Phi) is 5.56. The second-order valence-electron chi connectivity index (χ2n) is 4.65. The number of nitrogens with one attached hydrogen (secondary N) is 1. The number of halogens is 1. The van der Waals surface area contributed by atoms with Gasteiger partial charge in [-0.1, -0.05) is 18.1 Å². The van der Waals surface area contributed by atoms with Crippen LogP contribution >= 0.6 is 0 Å². The topological polar surface area (TPSA) is 38.3 Å². The minimum absolute atomic E-state index is 0.214. The van der Waals surface area contributed by atoms with Crippen LogP contribution in [0.3, 0.4) is 0 Å². The van der Waals surface area contributed by atoms with Gasteiger partial charge in [0.2, 0.25) is 0 Å². The van der Waals surface area contributed by atoms with Crippen molar-refractivity contribution < 1.29 is 13.9 Å². The molecule has 0 aromatic heterocycles. The SMILES string of the molecule is C#CCOc1ccc(CCNC(=O)c2ccc(F)cc2)cc1. The number of rotatable bonds is 6. The number of terminal acetylenes is 1. The predicted molar refractivity (Wildman–Crippen MR) is 83.2 cm³/mol. The monoisotopic (exact) mass is 297 g/mol. The molecular weight excluding hydrogens is 281 g/mol. The molecular formula is C18H16FNO2. The standard InChI is InChI=1S/C18H16FNO2/c1-2-13-22-17-9-3-14(4-10-17)11-12-20-18(21)15-5-7-16(19)8-6-15/h1,3-10H,11-13H2,(H,20,21). The van der Waals surface area contributed by atoms with Gasteiger partial charge in [-0.3, -0.25) is 4.79 Å². The van der Waals surface area contributed by atoms with E-state index in [-0.39, 0.29) is 18.3 Å². The second-order valence-corrected chi connectivity index (χ2v) is 4.65. The van der Waals surface area contributed by atoms with Gasteiger partial charge < -0.3 is 10.1 Å². The van der Waals surface area contributed by atoms with E-state index in [1.807, 2.05) is 24.3 Å². The highest BCUT2D eigenvalue weighted by molar-refractivity contribution is 5.94. The first-order valence-corrected chi connectivity index (χ1v) is 6.88. The molecule has 2 aromatic carbocycles. The highest BCUT2D eigenvalue weighted by atomic mass is 19.1. The Bertz CT molecular complexity index is 657.